The average molecular weight is 265 g/mol. The van der Waals surface area contributed by atoms with Crippen molar-refractivity contribution in [1.82, 2.24) is 0 Å². The molecule has 1 aromatic rings. The Bertz CT molecular complexity index is 382. The molecular formula is C15H23NOS. The Labute approximate surface area is 115 Å². The first-order valence-electron chi connectivity index (χ1n) is 6.51. The molecule has 1 heterocycles. The van der Waals surface area contributed by atoms with Gasteiger partial charge in [-0.3, -0.25) is 0 Å². The fraction of sp³-hybridized carbons (Fsp3) is 0.600. The number of morpholine rings is 1. The Morgan fingerprint density at radius 2 is 1.89 bits per heavy atom. The summed E-state index contributed by atoms with van der Waals surface area (Å²) in [5.74, 6) is 0. The molecule has 0 radical (unpaired) electrons. The van der Waals surface area contributed by atoms with E-state index in [1.165, 1.54) is 10.6 Å². The van der Waals surface area contributed by atoms with Crippen molar-refractivity contribution in [2.24, 2.45) is 5.41 Å². The number of thioether (sulfide) groups is 1. The first kappa shape index (κ1) is 13.8. The minimum atomic E-state index is 0.206. The SMILES string of the molecule is CSc1ccc(N2CCOC(C(C)(C)C)C2)cc1. The van der Waals surface area contributed by atoms with Gasteiger partial charge >= 0.3 is 0 Å². The smallest absolute Gasteiger partial charge is 0.0798 e. The van der Waals surface area contributed by atoms with Gasteiger partial charge in [-0.2, -0.15) is 0 Å². The van der Waals surface area contributed by atoms with E-state index in [0.29, 0.717) is 6.10 Å². The highest BCUT2D eigenvalue weighted by atomic mass is 32.2. The molecule has 0 bridgehead atoms. The van der Waals surface area contributed by atoms with Crippen LogP contribution in [-0.2, 0) is 4.74 Å². The fourth-order valence-electron chi connectivity index (χ4n) is 2.20. The highest BCUT2D eigenvalue weighted by molar-refractivity contribution is 7.98. The topological polar surface area (TPSA) is 12.5 Å². The molecule has 18 heavy (non-hydrogen) atoms. The lowest BCUT2D eigenvalue weighted by Gasteiger charge is -2.40. The van der Waals surface area contributed by atoms with Crippen molar-refractivity contribution in [2.45, 2.75) is 31.8 Å². The molecule has 0 spiro atoms. The zero-order chi connectivity index (χ0) is 13.2. The Hall–Kier alpha value is -0.670. The molecule has 1 fully saturated rings. The van der Waals surface area contributed by atoms with Crippen molar-refractivity contribution in [3.05, 3.63) is 24.3 Å². The van der Waals surface area contributed by atoms with Crippen LogP contribution in [0.4, 0.5) is 5.69 Å². The molecule has 0 saturated carbocycles. The summed E-state index contributed by atoms with van der Waals surface area (Å²) in [6, 6.07) is 8.83. The average Bonchev–Trinajstić information content (AvgIpc) is 2.38. The highest BCUT2D eigenvalue weighted by Crippen LogP contribution is 2.28. The molecule has 0 aliphatic carbocycles. The molecule has 1 atom stereocenters. The van der Waals surface area contributed by atoms with Gasteiger partial charge in [0, 0.05) is 23.7 Å². The molecular weight excluding hydrogens is 242 g/mol. The third kappa shape index (κ3) is 3.21. The van der Waals surface area contributed by atoms with Gasteiger partial charge in [-0.25, -0.2) is 0 Å². The van der Waals surface area contributed by atoms with Gasteiger partial charge in [0.25, 0.3) is 0 Å². The van der Waals surface area contributed by atoms with E-state index in [1.807, 2.05) is 0 Å². The van der Waals surface area contributed by atoms with E-state index >= 15 is 0 Å². The number of anilines is 1. The summed E-state index contributed by atoms with van der Waals surface area (Å²) < 4.78 is 5.89. The van der Waals surface area contributed by atoms with Crippen LogP contribution in [-0.4, -0.2) is 32.1 Å². The van der Waals surface area contributed by atoms with Crippen LogP contribution in [0.1, 0.15) is 20.8 Å². The van der Waals surface area contributed by atoms with E-state index in [1.54, 1.807) is 11.8 Å². The van der Waals surface area contributed by atoms with Crippen LogP contribution >= 0.6 is 11.8 Å². The van der Waals surface area contributed by atoms with Crippen LogP contribution in [0.25, 0.3) is 0 Å². The summed E-state index contributed by atoms with van der Waals surface area (Å²) in [4.78, 5) is 3.75. The third-order valence-corrected chi connectivity index (χ3v) is 4.21. The van der Waals surface area contributed by atoms with Gasteiger partial charge < -0.3 is 9.64 Å². The molecule has 1 saturated heterocycles. The fourth-order valence-corrected chi connectivity index (χ4v) is 2.61. The summed E-state index contributed by atoms with van der Waals surface area (Å²) >= 11 is 1.79. The Morgan fingerprint density at radius 3 is 2.44 bits per heavy atom. The molecule has 2 nitrogen and oxygen atoms in total. The Balaban J connectivity index is 2.08. The minimum absolute atomic E-state index is 0.206. The lowest BCUT2D eigenvalue weighted by molar-refractivity contribution is -0.0265. The molecule has 1 unspecified atom stereocenters. The number of hydrogen-bond donors (Lipinski definition) is 0. The van der Waals surface area contributed by atoms with Crippen molar-refractivity contribution in [3.63, 3.8) is 0 Å². The van der Waals surface area contributed by atoms with Crippen LogP contribution in [0, 0.1) is 5.41 Å². The Kier molecular flexibility index (Phi) is 4.23. The zero-order valence-corrected chi connectivity index (χ0v) is 12.6. The number of benzene rings is 1. The van der Waals surface area contributed by atoms with E-state index in [0.717, 1.165) is 19.7 Å². The molecule has 3 heteroatoms. The third-order valence-electron chi connectivity index (χ3n) is 3.47. The quantitative estimate of drug-likeness (QED) is 0.757. The number of hydrogen-bond acceptors (Lipinski definition) is 3. The second-order valence-electron chi connectivity index (χ2n) is 5.87. The molecule has 1 aliphatic heterocycles. The lowest BCUT2D eigenvalue weighted by Crippen LogP contribution is -2.48. The summed E-state index contributed by atoms with van der Waals surface area (Å²) in [5.41, 5.74) is 1.52. The van der Waals surface area contributed by atoms with Gasteiger partial charge in [-0.05, 0) is 35.9 Å². The molecule has 0 N–H and O–H groups in total. The van der Waals surface area contributed by atoms with Gasteiger partial charge in [0.1, 0.15) is 0 Å². The largest absolute Gasteiger partial charge is 0.374 e. The standard InChI is InChI=1S/C15H23NOS/c1-15(2,3)14-11-16(9-10-17-14)12-5-7-13(18-4)8-6-12/h5-8,14H,9-11H2,1-4H3. The summed E-state index contributed by atoms with van der Waals surface area (Å²) in [7, 11) is 0. The Morgan fingerprint density at radius 1 is 1.22 bits per heavy atom. The van der Waals surface area contributed by atoms with Crippen LogP contribution in [0.3, 0.4) is 0 Å². The van der Waals surface area contributed by atoms with E-state index in [-0.39, 0.29) is 5.41 Å². The molecule has 0 aromatic heterocycles. The van der Waals surface area contributed by atoms with Crippen LogP contribution in [0.15, 0.2) is 29.2 Å². The zero-order valence-electron chi connectivity index (χ0n) is 11.8. The monoisotopic (exact) mass is 265 g/mol. The normalized spacial score (nSPS) is 21.1. The van der Waals surface area contributed by atoms with Crippen molar-refractivity contribution < 1.29 is 4.74 Å². The second-order valence-corrected chi connectivity index (χ2v) is 6.75. The number of rotatable bonds is 2. The van der Waals surface area contributed by atoms with Crippen LogP contribution in [0.2, 0.25) is 0 Å². The first-order valence-corrected chi connectivity index (χ1v) is 7.74. The van der Waals surface area contributed by atoms with Gasteiger partial charge in [-0.15, -0.1) is 11.8 Å². The van der Waals surface area contributed by atoms with E-state index in [9.17, 15) is 0 Å². The van der Waals surface area contributed by atoms with Gasteiger partial charge in [0.2, 0.25) is 0 Å². The van der Waals surface area contributed by atoms with Gasteiger partial charge in [0.05, 0.1) is 12.7 Å². The second kappa shape index (κ2) is 5.54. The van der Waals surface area contributed by atoms with Crippen molar-refractivity contribution >= 4 is 17.4 Å². The van der Waals surface area contributed by atoms with Crippen molar-refractivity contribution in [3.8, 4) is 0 Å². The molecule has 100 valence electrons. The maximum Gasteiger partial charge on any atom is 0.0798 e. The lowest BCUT2D eigenvalue weighted by atomic mass is 9.88. The van der Waals surface area contributed by atoms with Gasteiger partial charge in [-0.1, -0.05) is 20.8 Å². The highest BCUT2D eigenvalue weighted by Gasteiger charge is 2.30. The first-order chi connectivity index (χ1) is 8.50. The predicted molar refractivity (Wildman–Crippen MR) is 79.6 cm³/mol. The van der Waals surface area contributed by atoms with E-state index in [4.69, 9.17) is 4.74 Å². The maximum absolute atomic E-state index is 5.89. The van der Waals surface area contributed by atoms with Crippen LogP contribution in [0.5, 0.6) is 0 Å². The summed E-state index contributed by atoms with van der Waals surface area (Å²) in [6.07, 6.45) is 2.42. The predicted octanol–water partition coefficient (Wildman–Crippen LogP) is 3.66. The van der Waals surface area contributed by atoms with Crippen LogP contribution < -0.4 is 4.90 Å². The van der Waals surface area contributed by atoms with Crippen molar-refractivity contribution in [1.29, 1.82) is 0 Å². The van der Waals surface area contributed by atoms with E-state index in [2.05, 4.69) is 56.2 Å². The summed E-state index contributed by atoms with van der Waals surface area (Å²) in [6.45, 7) is 9.55. The molecule has 1 aliphatic rings. The molecule has 0 amide bonds. The molecule has 1 aromatic carbocycles. The summed E-state index contributed by atoms with van der Waals surface area (Å²) in [5, 5.41) is 0. The van der Waals surface area contributed by atoms with E-state index < -0.39 is 0 Å². The number of nitrogens with zero attached hydrogens (tertiary/aromatic N) is 1. The van der Waals surface area contributed by atoms with Crippen molar-refractivity contribution in [2.75, 3.05) is 30.9 Å². The maximum atomic E-state index is 5.89. The minimum Gasteiger partial charge on any atom is -0.374 e. The number of ether oxygens (including phenoxy) is 1. The molecule has 2 rings (SSSR count). The van der Waals surface area contributed by atoms with Gasteiger partial charge in [0.15, 0.2) is 0 Å².